The highest BCUT2D eigenvalue weighted by Gasteiger charge is 1.88. The number of hydrogen-bond donors (Lipinski definition) is 1. The highest BCUT2D eigenvalue weighted by Crippen LogP contribution is 2.08. The second-order valence-electron chi connectivity index (χ2n) is 4.63. The van der Waals surface area contributed by atoms with Crippen molar-refractivity contribution in [2.45, 2.75) is 71.1 Å². The van der Waals surface area contributed by atoms with Crippen LogP contribution in [0.25, 0.3) is 0 Å². The Labute approximate surface area is 108 Å². The molecule has 0 fully saturated rings. The zero-order chi connectivity index (χ0) is 12.6. The van der Waals surface area contributed by atoms with Gasteiger partial charge in [0, 0.05) is 6.61 Å². The van der Waals surface area contributed by atoms with Crippen LogP contribution in [0.15, 0.2) is 24.3 Å². The first-order valence-electron chi connectivity index (χ1n) is 7.34. The van der Waals surface area contributed by atoms with Crippen molar-refractivity contribution in [3.8, 4) is 0 Å². The summed E-state index contributed by atoms with van der Waals surface area (Å²) in [5.74, 6) is 0. The molecule has 0 aromatic rings. The molecule has 0 aromatic carbocycles. The first kappa shape index (κ1) is 16.4. The van der Waals surface area contributed by atoms with Crippen LogP contribution in [0.5, 0.6) is 0 Å². The van der Waals surface area contributed by atoms with Crippen molar-refractivity contribution in [2.24, 2.45) is 0 Å². The van der Waals surface area contributed by atoms with Crippen molar-refractivity contribution in [1.82, 2.24) is 0 Å². The normalized spacial score (nSPS) is 11.9. The Kier molecular flexibility index (Phi) is 14.9. The third-order valence-corrected chi connectivity index (χ3v) is 2.89. The maximum atomic E-state index is 8.59. The summed E-state index contributed by atoms with van der Waals surface area (Å²) in [5.41, 5.74) is 0. The van der Waals surface area contributed by atoms with Crippen molar-refractivity contribution in [2.75, 3.05) is 6.61 Å². The zero-order valence-corrected chi connectivity index (χ0v) is 11.5. The van der Waals surface area contributed by atoms with Gasteiger partial charge in [-0.2, -0.15) is 0 Å². The molecule has 0 rings (SSSR count). The largest absolute Gasteiger partial charge is 0.396 e. The van der Waals surface area contributed by atoms with Gasteiger partial charge in [0.1, 0.15) is 0 Å². The Morgan fingerprint density at radius 1 is 0.706 bits per heavy atom. The van der Waals surface area contributed by atoms with Crippen LogP contribution in [0.4, 0.5) is 0 Å². The molecule has 0 saturated carbocycles. The van der Waals surface area contributed by atoms with E-state index in [-0.39, 0.29) is 0 Å². The van der Waals surface area contributed by atoms with Crippen LogP contribution in [-0.4, -0.2) is 11.7 Å². The Balaban J connectivity index is 3.11. The van der Waals surface area contributed by atoms with Crippen LogP contribution in [0.3, 0.4) is 0 Å². The first-order valence-corrected chi connectivity index (χ1v) is 7.34. The molecule has 0 aliphatic carbocycles. The minimum Gasteiger partial charge on any atom is -0.396 e. The molecule has 0 heterocycles. The summed E-state index contributed by atoms with van der Waals surface area (Å²) in [6.45, 7) is 2.56. The fraction of sp³-hybridized carbons (Fsp3) is 0.750. The summed E-state index contributed by atoms with van der Waals surface area (Å²) >= 11 is 0. The van der Waals surface area contributed by atoms with Crippen LogP contribution in [0, 0.1) is 0 Å². The molecule has 0 spiro atoms. The molecular formula is C16H30O. The molecule has 0 unspecified atom stereocenters. The minimum atomic E-state index is 0.298. The standard InChI is InChI=1S/C16H30O/c1-2-3-4-5-6-7-8-9-10-11-12-13-14-15-16-17/h10-13,17H,2-9,14-16H2,1H3/b11-10-,13-12+. The highest BCUT2D eigenvalue weighted by molar-refractivity contribution is 5.02. The quantitative estimate of drug-likeness (QED) is 0.374. The molecule has 0 atom stereocenters. The molecule has 0 amide bonds. The van der Waals surface area contributed by atoms with Gasteiger partial charge < -0.3 is 5.11 Å². The Hall–Kier alpha value is -0.560. The Morgan fingerprint density at radius 2 is 1.24 bits per heavy atom. The van der Waals surface area contributed by atoms with Gasteiger partial charge in [-0.15, -0.1) is 0 Å². The van der Waals surface area contributed by atoms with Crippen molar-refractivity contribution >= 4 is 0 Å². The van der Waals surface area contributed by atoms with E-state index in [1.165, 1.54) is 51.4 Å². The maximum absolute atomic E-state index is 8.59. The fourth-order valence-corrected chi connectivity index (χ4v) is 1.78. The van der Waals surface area contributed by atoms with Crippen molar-refractivity contribution in [1.29, 1.82) is 0 Å². The zero-order valence-electron chi connectivity index (χ0n) is 11.5. The van der Waals surface area contributed by atoms with E-state index in [9.17, 15) is 0 Å². The van der Waals surface area contributed by atoms with E-state index in [1.807, 2.05) is 0 Å². The summed E-state index contributed by atoms with van der Waals surface area (Å²) in [6.07, 6.45) is 21.3. The lowest BCUT2D eigenvalue weighted by Crippen LogP contribution is -1.79. The highest BCUT2D eigenvalue weighted by atomic mass is 16.2. The van der Waals surface area contributed by atoms with Crippen molar-refractivity contribution in [3.05, 3.63) is 24.3 Å². The number of hydrogen-bond acceptors (Lipinski definition) is 1. The molecule has 1 heteroatoms. The van der Waals surface area contributed by atoms with Gasteiger partial charge in [0.25, 0.3) is 0 Å². The molecular weight excluding hydrogens is 208 g/mol. The predicted octanol–water partition coefficient (Wildman–Crippen LogP) is 5.01. The Bertz CT molecular complexity index is 182. The SMILES string of the molecule is CCCCCCCCC/C=C\C=C\CCCO. The average Bonchev–Trinajstić information content (AvgIpc) is 2.35. The lowest BCUT2D eigenvalue weighted by molar-refractivity contribution is 0.289. The maximum Gasteiger partial charge on any atom is 0.0433 e. The van der Waals surface area contributed by atoms with Crippen LogP contribution in [0.2, 0.25) is 0 Å². The van der Waals surface area contributed by atoms with Gasteiger partial charge in [0.05, 0.1) is 0 Å². The monoisotopic (exact) mass is 238 g/mol. The minimum absolute atomic E-state index is 0.298. The lowest BCUT2D eigenvalue weighted by Gasteiger charge is -1.98. The molecule has 0 aliphatic heterocycles. The molecule has 0 aromatic heterocycles. The van der Waals surface area contributed by atoms with Gasteiger partial charge in [-0.1, -0.05) is 69.8 Å². The first-order chi connectivity index (χ1) is 8.41. The predicted molar refractivity (Wildman–Crippen MR) is 77.2 cm³/mol. The number of aliphatic hydroxyl groups excluding tert-OH is 1. The molecule has 0 aliphatic rings. The molecule has 0 radical (unpaired) electrons. The molecule has 1 nitrogen and oxygen atoms in total. The third kappa shape index (κ3) is 15.4. The van der Waals surface area contributed by atoms with Crippen LogP contribution < -0.4 is 0 Å². The Morgan fingerprint density at radius 3 is 1.82 bits per heavy atom. The van der Waals surface area contributed by atoms with Gasteiger partial charge in [-0.25, -0.2) is 0 Å². The molecule has 0 bridgehead atoms. The molecule has 0 saturated heterocycles. The summed E-state index contributed by atoms with van der Waals surface area (Å²) < 4.78 is 0. The topological polar surface area (TPSA) is 20.2 Å². The smallest absolute Gasteiger partial charge is 0.0433 e. The molecule has 1 N–H and O–H groups in total. The molecule has 17 heavy (non-hydrogen) atoms. The second kappa shape index (κ2) is 15.4. The van der Waals surface area contributed by atoms with Gasteiger partial charge in [-0.3, -0.25) is 0 Å². The summed E-state index contributed by atoms with van der Waals surface area (Å²) in [4.78, 5) is 0. The van der Waals surface area contributed by atoms with Gasteiger partial charge in [-0.05, 0) is 25.7 Å². The van der Waals surface area contributed by atoms with Crippen molar-refractivity contribution in [3.63, 3.8) is 0 Å². The van der Waals surface area contributed by atoms with Crippen LogP contribution >= 0.6 is 0 Å². The van der Waals surface area contributed by atoms with E-state index in [2.05, 4.69) is 31.2 Å². The number of rotatable bonds is 12. The number of aliphatic hydroxyl groups is 1. The number of allylic oxidation sites excluding steroid dienone is 4. The van der Waals surface area contributed by atoms with E-state index < -0.39 is 0 Å². The number of unbranched alkanes of at least 4 members (excludes halogenated alkanes) is 8. The van der Waals surface area contributed by atoms with E-state index in [0.29, 0.717) is 6.61 Å². The van der Waals surface area contributed by atoms with E-state index in [1.54, 1.807) is 0 Å². The summed E-state index contributed by atoms with van der Waals surface area (Å²) in [6, 6.07) is 0. The van der Waals surface area contributed by atoms with Crippen molar-refractivity contribution < 1.29 is 5.11 Å². The van der Waals surface area contributed by atoms with Crippen LogP contribution in [-0.2, 0) is 0 Å². The van der Waals surface area contributed by atoms with E-state index >= 15 is 0 Å². The van der Waals surface area contributed by atoms with Gasteiger partial charge >= 0.3 is 0 Å². The van der Waals surface area contributed by atoms with Gasteiger partial charge in [0.2, 0.25) is 0 Å². The summed E-state index contributed by atoms with van der Waals surface area (Å²) in [5, 5.41) is 8.59. The second-order valence-corrected chi connectivity index (χ2v) is 4.63. The fourth-order valence-electron chi connectivity index (χ4n) is 1.78. The van der Waals surface area contributed by atoms with Crippen LogP contribution in [0.1, 0.15) is 71.1 Å². The molecule has 100 valence electrons. The third-order valence-electron chi connectivity index (χ3n) is 2.89. The average molecular weight is 238 g/mol. The lowest BCUT2D eigenvalue weighted by atomic mass is 10.1. The van der Waals surface area contributed by atoms with Gasteiger partial charge in [0.15, 0.2) is 0 Å². The van der Waals surface area contributed by atoms with E-state index in [0.717, 1.165) is 12.8 Å². The van der Waals surface area contributed by atoms with E-state index in [4.69, 9.17) is 5.11 Å². The summed E-state index contributed by atoms with van der Waals surface area (Å²) in [7, 11) is 0.